The van der Waals surface area contributed by atoms with E-state index in [1.807, 2.05) is 45.1 Å². The molecule has 3 N–H and O–H groups in total. The monoisotopic (exact) mass is 572 g/mol. The lowest BCUT2D eigenvalue weighted by Gasteiger charge is -2.24. The normalized spacial score (nSPS) is 25.4. The van der Waals surface area contributed by atoms with Gasteiger partial charge in [-0.2, -0.15) is 0 Å². The maximum Gasteiger partial charge on any atom is 0.331 e. The highest BCUT2D eigenvalue weighted by Gasteiger charge is 2.23. The number of rotatable bonds is 11. The van der Waals surface area contributed by atoms with Crippen molar-refractivity contribution in [1.29, 1.82) is 0 Å². The average molecular weight is 573 g/mol. The number of cyclic esters (lactones) is 1. The van der Waals surface area contributed by atoms with Crippen LogP contribution in [-0.4, -0.2) is 57.8 Å². The number of aliphatic hydroxyl groups is 3. The molecular formula is C34H52O7. The van der Waals surface area contributed by atoms with Crippen molar-refractivity contribution in [1.82, 2.24) is 0 Å². The summed E-state index contributed by atoms with van der Waals surface area (Å²) in [6.45, 7) is 13.4. The Labute approximate surface area is 247 Å². The van der Waals surface area contributed by atoms with Crippen LogP contribution in [0.15, 0.2) is 71.4 Å². The van der Waals surface area contributed by atoms with Crippen LogP contribution in [0.3, 0.4) is 0 Å². The Morgan fingerprint density at radius 2 is 1.71 bits per heavy atom. The lowest BCUT2D eigenvalue weighted by molar-refractivity contribution is -0.151. The molecule has 0 aromatic carbocycles. The van der Waals surface area contributed by atoms with Gasteiger partial charge in [0.15, 0.2) is 0 Å². The van der Waals surface area contributed by atoms with Crippen molar-refractivity contribution in [3.63, 3.8) is 0 Å². The zero-order chi connectivity index (χ0) is 30.9. The van der Waals surface area contributed by atoms with Gasteiger partial charge in [0.1, 0.15) is 12.2 Å². The third-order valence-corrected chi connectivity index (χ3v) is 6.91. The fourth-order valence-corrected chi connectivity index (χ4v) is 4.40. The van der Waals surface area contributed by atoms with Gasteiger partial charge in [0, 0.05) is 25.3 Å². The maximum absolute atomic E-state index is 12.6. The lowest BCUT2D eigenvalue weighted by Crippen LogP contribution is -2.27. The molecule has 1 rings (SSSR count). The van der Waals surface area contributed by atoms with Gasteiger partial charge in [-0.15, -0.1) is 0 Å². The standard InChI is InChI=1S/C34H52O7/c1-23(2)31-15-9-8-14-27(6)32(16-11-17-33(38)40-31)41-34(39)19-18-26(5)20-24(3)12-10-13-25(4)21-29(36)30(37)22-28(7)35/h8-10,12-13,18-21,23,27-32,35-37H,11,14-17,22H2,1-7H3/b9-8-,13-10+,19-18+,24-12+,25-21+,26-20+/t27-,28-,29-,30-,31+,32-/m0/s1. The van der Waals surface area contributed by atoms with Gasteiger partial charge < -0.3 is 24.8 Å². The molecule has 7 nitrogen and oxygen atoms in total. The van der Waals surface area contributed by atoms with E-state index in [9.17, 15) is 24.9 Å². The van der Waals surface area contributed by atoms with Crippen LogP contribution >= 0.6 is 0 Å². The van der Waals surface area contributed by atoms with Gasteiger partial charge in [0.05, 0.1) is 18.3 Å². The first-order chi connectivity index (χ1) is 19.3. The van der Waals surface area contributed by atoms with Crippen LogP contribution in [0.4, 0.5) is 0 Å². The molecule has 0 bridgehead atoms. The van der Waals surface area contributed by atoms with Crippen molar-refractivity contribution in [3.8, 4) is 0 Å². The minimum Gasteiger partial charge on any atom is -0.462 e. The summed E-state index contributed by atoms with van der Waals surface area (Å²) in [5.41, 5.74) is 2.62. The Kier molecular flexibility index (Phi) is 17.2. The molecule has 0 fully saturated rings. The van der Waals surface area contributed by atoms with Crippen LogP contribution in [-0.2, 0) is 19.1 Å². The minimum atomic E-state index is -1.05. The summed E-state index contributed by atoms with van der Waals surface area (Å²) in [7, 11) is 0. The number of aliphatic hydroxyl groups excluding tert-OH is 3. The zero-order valence-corrected chi connectivity index (χ0v) is 26.0. The highest BCUT2D eigenvalue weighted by Crippen LogP contribution is 2.22. The van der Waals surface area contributed by atoms with E-state index in [1.165, 1.54) is 6.08 Å². The number of allylic oxidation sites excluding steroid dienone is 9. The molecular weight excluding hydrogens is 520 g/mol. The van der Waals surface area contributed by atoms with Crippen LogP contribution in [0, 0.1) is 11.8 Å². The van der Waals surface area contributed by atoms with Crippen molar-refractivity contribution in [2.45, 2.75) is 118 Å². The zero-order valence-electron chi connectivity index (χ0n) is 26.0. The quantitative estimate of drug-likeness (QED) is 0.119. The summed E-state index contributed by atoms with van der Waals surface area (Å²) in [6.07, 6.45) is 16.3. The summed E-state index contributed by atoms with van der Waals surface area (Å²) in [4.78, 5) is 24.9. The summed E-state index contributed by atoms with van der Waals surface area (Å²) >= 11 is 0. The summed E-state index contributed by atoms with van der Waals surface area (Å²) < 4.78 is 11.4. The van der Waals surface area contributed by atoms with Crippen molar-refractivity contribution >= 4 is 11.9 Å². The van der Waals surface area contributed by atoms with Crippen LogP contribution in [0.5, 0.6) is 0 Å². The molecule has 0 radical (unpaired) electrons. The highest BCUT2D eigenvalue weighted by molar-refractivity contribution is 5.82. The Morgan fingerprint density at radius 3 is 2.37 bits per heavy atom. The van der Waals surface area contributed by atoms with E-state index < -0.39 is 24.3 Å². The van der Waals surface area contributed by atoms with Crippen molar-refractivity contribution in [2.75, 3.05) is 0 Å². The Morgan fingerprint density at radius 1 is 1.02 bits per heavy atom. The van der Waals surface area contributed by atoms with Crippen LogP contribution in [0.25, 0.3) is 0 Å². The second-order valence-electron chi connectivity index (χ2n) is 11.6. The molecule has 1 aliphatic rings. The van der Waals surface area contributed by atoms with Gasteiger partial charge >= 0.3 is 11.9 Å². The predicted molar refractivity (Wildman–Crippen MR) is 164 cm³/mol. The van der Waals surface area contributed by atoms with Crippen molar-refractivity contribution in [3.05, 3.63) is 71.4 Å². The summed E-state index contributed by atoms with van der Waals surface area (Å²) in [5, 5.41) is 29.3. The number of hydrogen-bond donors (Lipinski definition) is 3. The third-order valence-electron chi connectivity index (χ3n) is 6.91. The van der Waals surface area contributed by atoms with E-state index in [-0.39, 0.29) is 36.4 Å². The molecule has 0 saturated carbocycles. The molecule has 1 heterocycles. The van der Waals surface area contributed by atoms with Crippen LogP contribution < -0.4 is 0 Å². The Hall–Kier alpha value is -2.74. The van der Waals surface area contributed by atoms with Gasteiger partial charge in [0.2, 0.25) is 0 Å². The van der Waals surface area contributed by atoms with Gasteiger partial charge in [0.25, 0.3) is 0 Å². The van der Waals surface area contributed by atoms with Crippen molar-refractivity contribution < 1.29 is 34.4 Å². The Bertz CT molecular complexity index is 997. The molecule has 6 atom stereocenters. The minimum absolute atomic E-state index is 0.102. The van der Waals surface area contributed by atoms with E-state index in [1.54, 1.807) is 19.1 Å². The van der Waals surface area contributed by atoms with Crippen LogP contribution in [0.2, 0.25) is 0 Å². The highest BCUT2D eigenvalue weighted by atomic mass is 16.5. The fraction of sp³-hybridized carbons (Fsp3) is 0.588. The average Bonchev–Trinajstić information content (AvgIpc) is 2.87. The van der Waals surface area contributed by atoms with E-state index >= 15 is 0 Å². The molecule has 0 unspecified atom stereocenters. The molecule has 230 valence electrons. The lowest BCUT2D eigenvalue weighted by atomic mass is 9.94. The second kappa shape index (κ2) is 19.4. The first-order valence-corrected chi connectivity index (χ1v) is 14.8. The first kappa shape index (κ1) is 36.3. The number of ether oxygens (including phenoxy) is 2. The van der Waals surface area contributed by atoms with E-state index in [0.29, 0.717) is 25.7 Å². The molecule has 0 saturated heterocycles. The van der Waals surface area contributed by atoms with Gasteiger partial charge in [-0.25, -0.2) is 4.79 Å². The predicted octanol–water partition coefficient (Wildman–Crippen LogP) is 6.07. The summed E-state index contributed by atoms with van der Waals surface area (Å²) in [6, 6.07) is 0. The van der Waals surface area contributed by atoms with Gasteiger partial charge in [-0.05, 0) is 58.8 Å². The second-order valence-corrected chi connectivity index (χ2v) is 11.6. The number of carbonyl (C=O) groups excluding carboxylic acids is 2. The molecule has 0 aromatic rings. The third kappa shape index (κ3) is 16.3. The van der Waals surface area contributed by atoms with Crippen LogP contribution in [0.1, 0.15) is 87.0 Å². The molecule has 1 aliphatic heterocycles. The maximum atomic E-state index is 12.6. The SMILES string of the molecule is CC(=C\C=C\C(C)=C\[C@H](O)[C@@H](O)C[C@H](C)O)/C=C(C)/C=C/C(=O)O[C@H]1CCCC(=O)O[C@@H](C(C)C)C/C=C\C[C@@H]1C. The van der Waals surface area contributed by atoms with Gasteiger partial charge in [-0.1, -0.05) is 86.1 Å². The van der Waals surface area contributed by atoms with E-state index in [2.05, 4.69) is 32.9 Å². The number of carbonyl (C=O) groups is 2. The van der Waals surface area contributed by atoms with E-state index in [4.69, 9.17) is 9.47 Å². The molecule has 0 aromatic heterocycles. The Balaban J connectivity index is 2.73. The molecule has 41 heavy (non-hydrogen) atoms. The van der Waals surface area contributed by atoms with E-state index in [0.717, 1.165) is 23.1 Å². The van der Waals surface area contributed by atoms with Crippen molar-refractivity contribution in [2.24, 2.45) is 11.8 Å². The molecule has 7 heteroatoms. The number of hydrogen-bond acceptors (Lipinski definition) is 7. The number of esters is 2. The summed E-state index contributed by atoms with van der Waals surface area (Å²) in [5.74, 6) is -0.228. The molecule has 0 aliphatic carbocycles. The fourth-order valence-electron chi connectivity index (χ4n) is 4.40. The molecule has 0 amide bonds. The topological polar surface area (TPSA) is 113 Å². The first-order valence-electron chi connectivity index (χ1n) is 14.8. The molecule has 0 spiro atoms. The smallest absolute Gasteiger partial charge is 0.331 e. The largest absolute Gasteiger partial charge is 0.462 e. The van der Waals surface area contributed by atoms with Gasteiger partial charge in [-0.3, -0.25) is 4.79 Å².